The van der Waals surface area contributed by atoms with Crippen LogP contribution in [0.3, 0.4) is 0 Å². The summed E-state index contributed by atoms with van der Waals surface area (Å²) >= 11 is 0. The maximum absolute atomic E-state index is 13.0. The molecule has 0 saturated carbocycles. The predicted octanol–water partition coefficient (Wildman–Crippen LogP) is 8.52. The Kier molecular flexibility index (Phi) is 12.8. The number of hydrogen-bond donors (Lipinski definition) is 2. The minimum absolute atomic E-state index is 0.146. The van der Waals surface area contributed by atoms with E-state index in [0.717, 1.165) is 59.3 Å². The lowest BCUT2D eigenvalue weighted by atomic mass is 9.99. The Balaban J connectivity index is 1.23. The van der Waals surface area contributed by atoms with Gasteiger partial charge in [0.25, 0.3) is 5.91 Å². The number of ether oxygens (including phenoxy) is 8. The van der Waals surface area contributed by atoms with Crippen LogP contribution < -0.4 is 48.5 Å². The highest BCUT2D eigenvalue weighted by atomic mass is 16.7. The van der Waals surface area contributed by atoms with Crippen LogP contribution in [0, 0.1) is 6.92 Å². The molecule has 2 heterocycles. The number of carbonyl (C=O) groups excluding carboxylic acids is 1. The van der Waals surface area contributed by atoms with Crippen LogP contribution >= 0.6 is 0 Å². The first-order valence-electron chi connectivity index (χ1n) is 18.7. The lowest BCUT2D eigenvalue weighted by Gasteiger charge is -2.29. The molecule has 0 aromatic heterocycles. The molecule has 1 amide bonds. The molecule has 0 fully saturated rings. The van der Waals surface area contributed by atoms with Gasteiger partial charge in [0.05, 0.1) is 53.9 Å². The molecule has 2 aliphatic heterocycles. The second-order valence-corrected chi connectivity index (χ2v) is 13.5. The van der Waals surface area contributed by atoms with E-state index in [9.17, 15) is 4.79 Å². The lowest BCUT2D eigenvalue weighted by Crippen LogP contribution is -2.38. The number of aryl methyl sites for hydroxylation is 1. The fourth-order valence-corrected chi connectivity index (χ4v) is 6.83. The first kappa shape index (κ1) is 39.7. The highest BCUT2D eigenvalue weighted by Crippen LogP contribution is 2.45. The topological polar surface area (TPSA) is 137 Å². The van der Waals surface area contributed by atoms with Crippen LogP contribution in [0.25, 0.3) is 0 Å². The quantitative estimate of drug-likeness (QED) is 0.0745. The molecule has 298 valence electrons. The van der Waals surface area contributed by atoms with Crippen LogP contribution in [0.15, 0.2) is 65.8 Å². The maximum atomic E-state index is 13.0. The first-order valence-corrected chi connectivity index (χ1v) is 18.7. The number of nitrogens with zero attached hydrogens (tertiary/aromatic N) is 1. The number of carbonyl (C=O) groups is 1. The molecule has 2 aliphatic rings. The Morgan fingerprint density at radius 1 is 0.696 bits per heavy atom. The Labute approximate surface area is 328 Å². The third-order valence-corrected chi connectivity index (χ3v) is 9.84. The summed E-state index contributed by atoms with van der Waals surface area (Å²) in [5.74, 6) is 3.66. The largest absolute Gasteiger partial charge is 0.493 e. The molecular formula is C43H51N3O10. The second-order valence-electron chi connectivity index (χ2n) is 13.5. The molecule has 0 radical (unpaired) electrons. The van der Waals surface area contributed by atoms with Crippen LogP contribution in [0.2, 0.25) is 0 Å². The number of nitrogens with one attached hydrogen (secondary N) is 2. The Bertz CT molecular complexity index is 2000. The van der Waals surface area contributed by atoms with Gasteiger partial charge in [-0.25, -0.2) is 0 Å². The number of amides is 1. The predicted molar refractivity (Wildman–Crippen MR) is 212 cm³/mol. The Hall–Kier alpha value is -5.98. The van der Waals surface area contributed by atoms with Gasteiger partial charge in [-0.15, -0.1) is 0 Å². The summed E-state index contributed by atoms with van der Waals surface area (Å²) in [7, 11) is 9.45. The van der Waals surface area contributed by atoms with Crippen molar-refractivity contribution in [3.8, 4) is 46.0 Å². The monoisotopic (exact) mass is 769 g/mol. The van der Waals surface area contributed by atoms with Crippen molar-refractivity contribution in [3.05, 3.63) is 88.5 Å². The van der Waals surface area contributed by atoms with Crippen molar-refractivity contribution < 1.29 is 47.5 Å². The fourth-order valence-electron chi connectivity index (χ4n) is 6.83. The van der Waals surface area contributed by atoms with Gasteiger partial charge in [-0.3, -0.25) is 4.79 Å². The normalized spacial score (nSPS) is 16.3. The van der Waals surface area contributed by atoms with Crippen molar-refractivity contribution in [2.45, 2.75) is 70.9 Å². The lowest BCUT2D eigenvalue weighted by molar-refractivity contribution is -0.00763. The van der Waals surface area contributed by atoms with Gasteiger partial charge in [-0.05, 0) is 67.4 Å². The Morgan fingerprint density at radius 3 is 2.00 bits per heavy atom. The number of benzene rings is 4. The molecule has 0 aliphatic carbocycles. The van der Waals surface area contributed by atoms with Gasteiger partial charge in [0, 0.05) is 29.7 Å². The van der Waals surface area contributed by atoms with E-state index in [1.807, 2.05) is 67.6 Å². The molecule has 0 bridgehead atoms. The molecule has 3 atom stereocenters. The molecule has 3 unspecified atom stereocenters. The van der Waals surface area contributed by atoms with E-state index in [4.69, 9.17) is 42.7 Å². The van der Waals surface area contributed by atoms with Gasteiger partial charge in [0.2, 0.25) is 17.8 Å². The van der Waals surface area contributed by atoms with E-state index < -0.39 is 18.6 Å². The number of rotatable bonds is 18. The van der Waals surface area contributed by atoms with Crippen molar-refractivity contribution in [2.24, 2.45) is 5.16 Å². The molecule has 13 heteroatoms. The highest BCUT2D eigenvalue weighted by molar-refractivity contribution is 6.03. The van der Waals surface area contributed by atoms with Gasteiger partial charge in [0.15, 0.2) is 40.6 Å². The van der Waals surface area contributed by atoms with E-state index in [1.165, 1.54) is 0 Å². The van der Waals surface area contributed by atoms with Crippen LogP contribution in [-0.2, 0) is 4.84 Å². The van der Waals surface area contributed by atoms with E-state index in [0.29, 0.717) is 64.4 Å². The average molecular weight is 770 g/mol. The smallest absolute Gasteiger partial charge is 0.255 e. The average Bonchev–Trinajstić information content (AvgIpc) is 3.72. The molecule has 2 N–H and O–H groups in total. The molecular weight excluding hydrogens is 718 g/mol. The molecule has 4 aromatic carbocycles. The number of methoxy groups -OCH3 is 6. The summed E-state index contributed by atoms with van der Waals surface area (Å²) in [5.41, 5.74) is 5.49. The fraction of sp³-hybridized carbons (Fsp3) is 0.395. The van der Waals surface area contributed by atoms with Crippen LogP contribution in [0.1, 0.15) is 90.3 Å². The highest BCUT2D eigenvalue weighted by Gasteiger charge is 2.30. The van der Waals surface area contributed by atoms with Gasteiger partial charge in [-0.1, -0.05) is 49.0 Å². The molecule has 13 nitrogen and oxygen atoms in total. The third-order valence-electron chi connectivity index (χ3n) is 9.84. The van der Waals surface area contributed by atoms with Gasteiger partial charge >= 0.3 is 0 Å². The second kappa shape index (κ2) is 18.1. The zero-order valence-corrected chi connectivity index (χ0v) is 33.3. The zero-order valence-electron chi connectivity index (χ0n) is 33.3. The van der Waals surface area contributed by atoms with Crippen molar-refractivity contribution in [3.63, 3.8) is 0 Å². The molecule has 56 heavy (non-hydrogen) atoms. The summed E-state index contributed by atoms with van der Waals surface area (Å²) in [6, 6.07) is 18.8. The van der Waals surface area contributed by atoms with E-state index >= 15 is 0 Å². The minimum Gasteiger partial charge on any atom is -0.493 e. The van der Waals surface area contributed by atoms with Crippen molar-refractivity contribution in [2.75, 3.05) is 48.0 Å². The summed E-state index contributed by atoms with van der Waals surface area (Å²) < 4.78 is 47.3. The number of fused-ring (bicyclic) bond motifs is 1. The number of unbranched alkanes of at least 4 members (excludes halogenated alkanes) is 3. The maximum Gasteiger partial charge on any atom is 0.255 e. The summed E-state index contributed by atoms with van der Waals surface area (Å²) in [6.45, 7) is 4.13. The SMILES string of the molecule is CCCCCCC(Oc1ccc(C2NC(=O)c3cc(C)ccc3N2)cc1OC)Oc1c(OC)cc(C2CC(c3cc(OC)c(OC)c(OC)c3)=NO2)cc1OC. The number of oxime groups is 1. The first-order chi connectivity index (χ1) is 27.2. The summed E-state index contributed by atoms with van der Waals surface area (Å²) in [4.78, 5) is 18.9. The van der Waals surface area contributed by atoms with Gasteiger partial charge in [0.1, 0.15) is 6.17 Å². The minimum atomic E-state index is -0.722. The summed E-state index contributed by atoms with van der Waals surface area (Å²) in [5, 5.41) is 10.9. The van der Waals surface area contributed by atoms with Gasteiger partial charge in [-0.2, -0.15) is 0 Å². The number of anilines is 1. The van der Waals surface area contributed by atoms with E-state index in [-0.39, 0.29) is 5.91 Å². The molecule has 6 rings (SSSR count). The van der Waals surface area contributed by atoms with Crippen molar-refractivity contribution in [1.29, 1.82) is 0 Å². The summed E-state index contributed by atoms with van der Waals surface area (Å²) in [6.07, 6.45) is 3.53. The van der Waals surface area contributed by atoms with Crippen molar-refractivity contribution in [1.82, 2.24) is 5.32 Å². The van der Waals surface area contributed by atoms with Crippen LogP contribution in [0.5, 0.6) is 46.0 Å². The zero-order chi connectivity index (χ0) is 39.8. The standard InChI is InChI=1S/C43H51N3O10/c1-9-10-11-12-13-39(54-32-17-15-26(19-34(32)48-3)42-44-30-16-14-25(2)18-29(30)43(47)45-42)55-41-37(51-6)22-28(23-38(41)52-7)33-24-31(46-56-33)27-20-35(49-4)40(53-8)36(21-27)50-5/h14-23,33,39,42,44H,9-13,24H2,1-8H3,(H,45,47). The van der Waals surface area contributed by atoms with Gasteiger partial charge < -0.3 is 53.4 Å². The molecule has 0 spiro atoms. The van der Waals surface area contributed by atoms with Crippen LogP contribution in [0.4, 0.5) is 5.69 Å². The molecule has 0 saturated heterocycles. The molecule has 4 aromatic rings. The van der Waals surface area contributed by atoms with Crippen LogP contribution in [-0.4, -0.2) is 60.6 Å². The third kappa shape index (κ3) is 8.61. The Morgan fingerprint density at radius 2 is 1.36 bits per heavy atom. The van der Waals surface area contributed by atoms with E-state index in [2.05, 4.69) is 22.7 Å². The number of hydrogen-bond acceptors (Lipinski definition) is 12. The van der Waals surface area contributed by atoms with Crippen molar-refractivity contribution >= 4 is 17.3 Å². The van der Waals surface area contributed by atoms with E-state index in [1.54, 1.807) is 42.7 Å².